The highest BCUT2D eigenvalue weighted by atomic mass is 16.6. The van der Waals surface area contributed by atoms with Crippen molar-refractivity contribution in [3.63, 3.8) is 0 Å². The van der Waals surface area contributed by atoms with Crippen molar-refractivity contribution in [2.45, 2.75) is 322 Å². The Hall–Kier alpha value is -3.15. The molecule has 0 aromatic carbocycles. The van der Waals surface area contributed by atoms with Crippen LogP contribution in [0, 0.1) is 0 Å². The molecule has 0 radical (unpaired) electrons. The number of carbonyl (C=O) groups excluding carboxylic acids is 3. The van der Waals surface area contributed by atoms with Gasteiger partial charge >= 0.3 is 17.9 Å². The Morgan fingerprint density at radius 2 is 0.548 bits per heavy atom. The Morgan fingerprint density at radius 1 is 0.288 bits per heavy atom. The molecule has 0 aliphatic carbocycles. The second-order valence-electron chi connectivity index (χ2n) is 20.9. The highest BCUT2D eigenvalue weighted by molar-refractivity contribution is 5.71. The standard InChI is InChI=1S/C67H118O6/c1-4-7-10-13-16-19-22-25-28-30-31-32-33-34-35-37-39-42-45-48-51-54-57-60-66(69)72-63-64(62-71-65(68)59-56-53-50-47-44-41-38-27-24-21-18-15-12-9-6-3)73-67(70)61-58-55-52-49-46-43-40-36-29-26-23-20-17-14-11-8-5-2/h8,11,17,20,26,29-31,40,43,49,52,64H,4-7,9-10,12-16,18-19,21-25,27-28,32-39,41-42,44-48,50-51,53-63H2,1-3H3/b11-8-,20-17-,29-26-,31-30-,43-40-,52-49-. The Kier molecular flexibility index (Phi) is 58.7. The molecule has 1 atom stereocenters. The summed E-state index contributed by atoms with van der Waals surface area (Å²) in [6.07, 6.45) is 79.1. The summed E-state index contributed by atoms with van der Waals surface area (Å²) in [5, 5.41) is 0. The number of unbranched alkanes of at least 4 members (excludes halogenated alkanes) is 34. The van der Waals surface area contributed by atoms with E-state index < -0.39 is 6.10 Å². The van der Waals surface area contributed by atoms with Crippen molar-refractivity contribution in [2.75, 3.05) is 13.2 Å². The van der Waals surface area contributed by atoms with Crippen LogP contribution in [-0.2, 0) is 28.6 Å². The van der Waals surface area contributed by atoms with E-state index in [0.717, 1.165) is 77.0 Å². The summed E-state index contributed by atoms with van der Waals surface area (Å²) < 4.78 is 16.9. The fourth-order valence-electron chi connectivity index (χ4n) is 9.00. The lowest BCUT2D eigenvalue weighted by Gasteiger charge is -2.18. The van der Waals surface area contributed by atoms with Crippen molar-refractivity contribution < 1.29 is 28.6 Å². The highest BCUT2D eigenvalue weighted by Gasteiger charge is 2.19. The maximum atomic E-state index is 12.9. The molecule has 0 heterocycles. The van der Waals surface area contributed by atoms with Crippen molar-refractivity contribution in [1.29, 1.82) is 0 Å². The maximum Gasteiger partial charge on any atom is 0.306 e. The van der Waals surface area contributed by atoms with Crippen LogP contribution >= 0.6 is 0 Å². The molecule has 0 aromatic rings. The molecule has 422 valence electrons. The zero-order valence-corrected chi connectivity index (χ0v) is 48.4. The minimum atomic E-state index is -0.804. The van der Waals surface area contributed by atoms with Crippen molar-refractivity contribution in [2.24, 2.45) is 0 Å². The first-order chi connectivity index (χ1) is 36.0. The first kappa shape index (κ1) is 69.8. The van der Waals surface area contributed by atoms with E-state index in [0.29, 0.717) is 19.3 Å². The van der Waals surface area contributed by atoms with Crippen LogP contribution in [-0.4, -0.2) is 37.2 Å². The summed E-state index contributed by atoms with van der Waals surface area (Å²) in [5.74, 6) is -0.940. The molecule has 0 amide bonds. The van der Waals surface area contributed by atoms with Gasteiger partial charge in [-0.2, -0.15) is 0 Å². The summed E-state index contributed by atoms with van der Waals surface area (Å²) in [5.41, 5.74) is 0. The Balaban J connectivity index is 4.38. The SMILES string of the molecule is CC/C=C\C/C=C\C/C=C\C/C=C\C/C=C\CCCC(=O)OC(COC(=O)CCCCCCCCCCCCC/C=C\CCCCCCCCCC)COC(=O)CCCCCCCCCCCCCCCCC. The number of ether oxygens (including phenoxy) is 3. The van der Waals surface area contributed by atoms with E-state index in [1.165, 1.54) is 193 Å². The highest BCUT2D eigenvalue weighted by Crippen LogP contribution is 2.17. The van der Waals surface area contributed by atoms with Crippen molar-refractivity contribution in [3.05, 3.63) is 72.9 Å². The van der Waals surface area contributed by atoms with Gasteiger partial charge < -0.3 is 14.2 Å². The van der Waals surface area contributed by atoms with E-state index in [4.69, 9.17) is 14.2 Å². The largest absolute Gasteiger partial charge is 0.462 e. The van der Waals surface area contributed by atoms with Gasteiger partial charge in [0.05, 0.1) is 0 Å². The molecule has 6 nitrogen and oxygen atoms in total. The van der Waals surface area contributed by atoms with Gasteiger partial charge in [0.15, 0.2) is 6.10 Å². The number of rotatable bonds is 57. The lowest BCUT2D eigenvalue weighted by atomic mass is 10.0. The van der Waals surface area contributed by atoms with E-state index in [-0.39, 0.29) is 37.5 Å². The topological polar surface area (TPSA) is 78.9 Å². The molecular formula is C67H118O6. The van der Waals surface area contributed by atoms with Crippen LogP contribution in [0.1, 0.15) is 316 Å². The molecule has 0 spiro atoms. The van der Waals surface area contributed by atoms with Crippen molar-refractivity contribution >= 4 is 17.9 Å². The van der Waals surface area contributed by atoms with E-state index in [1.807, 2.05) is 0 Å². The molecule has 0 N–H and O–H groups in total. The van der Waals surface area contributed by atoms with Gasteiger partial charge in [0, 0.05) is 19.3 Å². The van der Waals surface area contributed by atoms with Crippen LogP contribution < -0.4 is 0 Å². The van der Waals surface area contributed by atoms with Crippen molar-refractivity contribution in [3.8, 4) is 0 Å². The quantitative estimate of drug-likeness (QED) is 0.0261. The molecule has 0 fully saturated rings. The third kappa shape index (κ3) is 59.6. The summed E-state index contributed by atoms with van der Waals surface area (Å²) >= 11 is 0. The average molecular weight is 1020 g/mol. The third-order valence-corrected chi connectivity index (χ3v) is 13.7. The fourth-order valence-corrected chi connectivity index (χ4v) is 9.00. The zero-order valence-electron chi connectivity index (χ0n) is 48.4. The molecule has 0 aromatic heterocycles. The molecule has 73 heavy (non-hydrogen) atoms. The average Bonchev–Trinajstić information content (AvgIpc) is 3.39. The smallest absolute Gasteiger partial charge is 0.306 e. The minimum absolute atomic E-state index is 0.0951. The predicted molar refractivity (Wildman–Crippen MR) is 316 cm³/mol. The molecule has 0 aliphatic heterocycles. The summed E-state index contributed by atoms with van der Waals surface area (Å²) in [6, 6.07) is 0. The number of esters is 3. The lowest BCUT2D eigenvalue weighted by molar-refractivity contribution is -0.167. The van der Waals surface area contributed by atoms with Gasteiger partial charge in [-0.25, -0.2) is 0 Å². The van der Waals surface area contributed by atoms with Crippen LogP contribution in [0.15, 0.2) is 72.9 Å². The summed E-state index contributed by atoms with van der Waals surface area (Å²) in [6.45, 7) is 6.52. The van der Waals surface area contributed by atoms with Gasteiger partial charge in [-0.3, -0.25) is 14.4 Å². The first-order valence-electron chi connectivity index (χ1n) is 31.4. The van der Waals surface area contributed by atoms with E-state index in [1.54, 1.807) is 0 Å². The van der Waals surface area contributed by atoms with Gasteiger partial charge in [-0.1, -0.05) is 286 Å². The first-order valence-corrected chi connectivity index (χ1v) is 31.4. The van der Waals surface area contributed by atoms with Crippen molar-refractivity contribution in [1.82, 2.24) is 0 Å². The van der Waals surface area contributed by atoms with Crippen LogP contribution in [0.25, 0.3) is 0 Å². The third-order valence-electron chi connectivity index (χ3n) is 13.7. The molecule has 0 bridgehead atoms. The van der Waals surface area contributed by atoms with E-state index >= 15 is 0 Å². The van der Waals surface area contributed by atoms with Gasteiger partial charge in [0.1, 0.15) is 13.2 Å². The normalized spacial score (nSPS) is 12.5. The van der Waals surface area contributed by atoms with Crippen LogP contribution in [0.2, 0.25) is 0 Å². The summed E-state index contributed by atoms with van der Waals surface area (Å²) in [7, 11) is 0. The number of hydrogen-bond donors (Lipinski definition) is 0. The number of allylic oxidation sites excluding steroid dienone is 12. The van der Waals surface area contributed by atoms with E-state index in [2.05, 4.69) is 93.7 Å². The second-order valence-corrected chi connectivity index (χ2v) is 20.9. The molecule has 0 aliphatic rings. The molecule has 0 rings (SSSR count). The van der Waals surface area contributed by atoms with Gasteiger partial charge in [-0.05, 0) is 83.5 Å². The van der Waals surface area contributed by atoms with Crippen LogP contribution in [0.5, 0.6) is 0 Å². The van der Waals surface area contributed by atoms with Gasteiger partial charge in [0.25, 0.3) is 0 Å². The van der Waals surface area contributed by atoms with Gasteiger partial charge in [-0.15, -0.1) is 0 Å². The molecule has 0 saturated carbocycles. The minimum Gasteiger partial charge on any atom is -0.462 e. The van der Waals surface area contributed by atoms with Gasteiger partial charge in [0.2, 0.25) is 0 Å². The van der Waals surface area contributed by atoms with Crippen LogP contribution in [0.3, 0.4) is 0 Å². The molecule has 1 unspecified atom stereocenters. The Bertz CT molecular complexity index is 1360. The molecule has 6 heteroatoms. The number of hydrogen-bond acceptors (Lipinski definition) is 6. The monoisotopic (exact) mass is 1020 g/mol. The molecule has 0 saturated heterocycles. The van der Waals surface area contributed by atoms with E-state index in [9.17, 15) is 14.4 Å². The Labute approximate surface area is 453 Å². The fraction of sp³-hybridized carbons (Fsp3) is 0.776. The van der Waals surface area contributed by atoms with Crippen LogP contribution in [0.4, 0.5) is 0 Å². The predicted octanol–water partition coefficient (Wildman–Crippen LogP) is 21.3. The summed E-state index contributed by atoms with van der Waals surface area (Å²) in [4.78, 5) is 38.2. The Morgan fingerprint density at radius 3 is 0.890 bits per heavy atom. The molecular weight excluding hydrogens is 901 g/mol. The second kappa shape index (κ2) is 61.4. The zero-order chi connectivity index (χ0) is 52.9. The maximum absolute atomic E-state index is 12.9. The number of carbonyl (C=O) groups is 3. The lowest BCUT2D eigenvalue weighted by Crippen LogP contribution is -2.30.